The number of nitrogens with zero attached hydrogens (tertiary/aromatic N) is 2. The molecule has 0 aliphatic carbocycles. The maximum Gasteiger partial charge on any atom is 0.236 e. The quantitative estimate of drug-likeness (QED) is 0.652. The summed E-state index contributed by atoms with van der Waals surface area (Å²) in [6, 6.07) is 8.48. The summed E-state index contributed by atoms with van der Waals surface area (Å²) >= 11 is 0. The Bertz CT molecular complexity index is 499. The van der Waals surface area contributed by atoms with Crippen molar-refractivity contribution in [1.29, 1.82) is 0 Å². The summed E-state index contributed by atoms with van der Waals surface area (Å²) in [6.45, 7) is 6.16. The molecular formula is C16H21N3O. The molecule has 4 nitrogen and oxygen atoms in total. The molecule has 1 aromatic carbocycles. The monoisotopic (exact) mass is 271 g/mol. The van der Waals surface area contributed by atoms with Crippen molar-refractivity contribution in [2.75, 3.05) is 44.2 Å². The number of hydrogen-bond acceptors (Lipinski definition) is 3. The molecule has 0 radical (unpaired) electrons. The fourth-order valence-electron chi connectivity index (χ4n) is 2.39. The standard InChI is InChI=1S/C16H21N3O/c1-3-7-17-13-16(20)19-10-8-18(9-11-19)15-6-4-5-14(2)12-15/h1,4-6,12,17H,7-11,13H2,2H3. The normalized spacial score (nSPS) is 15.0. The van der Waals surface area contributed by atoms with E-state index in [1.807, 2.05) is 4.90 Å². The predicted octanol–water partition coefficient (Wildman–Crippen LogP) is 0.866. The van der Waals surface area contributed by atoms with Crippen LogP contribution in [0.2, 0.25) is 0 Å². The first kappa shape index (κ1) is 14.4. The van der Waals surface area contributed by atoms with Crippen LogP contribution in [-0.2, 0) is 4.79 Å². The Hall–Kier alpha value is -1.99. The number of amides is 1. The topological polar surface area (TPSA) is 35.6 Å². The summed E-state index contributed by atoms with van der Waals surface area (Å²) < 4.78 is 0. The van der Waals surface area contributed by atoms with Gasteiger partial charge >= 0.3 is 0 Å². The van der Waals surface area contributed by atoms with Gasteiger partial charge in [0.05, 0.1) is 13.1 Å². The molecule has 0 saturated carbocycles. The van der Waals surface area contributed by atoms with Gasteiger partial charge in [-0.1, -0.05) is 18.1 Å². The SMILES string of the molecule is C#CCNCC(=O)N1CCN(c2cccc(C)c2)CC1. The average Bonchev–Trinajstić information content (AvgIpc) is 2.47. The van der Waals surface area contributed by atoms with Gasteiger partial charge in [-0.2, -0.15) is 0 Å². The fraction of sp³-hybridized carbons (Fsp3) is 0.438. The van der Waals surface area contributed by atoms with Crippen LogP contribution in [0.15, 0.2) is 24.3 Å². The van der Waals surface area contributed by atoms with Crippen LogP contribution in [0, 0.1) is 19.3 Å². The molecule has 2 rings (SSSR count). The summed E-state index contributed by atoms with van der Waals surface area (Å²) in [5, 5.41) is 2.94. The summed E-state index contributed by atoms with van der Waals surface area (Å²) in [5.41, 5.74) is 2.50. The molecule has 1 saturated heterocycles. The van der Waals surface area contributed by atoms with Gasteiger partial charge in [-0.05, 0) is 24.6 Å². The third-order valence-corrected chi connectivity index (χ3v) is 3.50. The predicted molar refractivity (Wildman–Crippen MR) is 81.7 cm³/mol. The minimum Gasteiger partial charge on any atom is -0.368 e. The second-order valence-electron chi connectivity index (χ2n) is 5.01. The Balaban J connectivity index is 1.83. The van der Waals surface area contributed by atoms with E-state index in [2.05, 4.69) is 47.3 Å². The smallest absolute Gasteiger partial charge is 0.236 e. The Morgan fingerprint density at radius 1 is 1.35 bits per heavy atom. The van der Waals surface area contributed by atoms with E-state index in [1.165, 1.54) is 11.3 Å². The number of carbonyl (C=O) groups is 1. The average molecular weight is 271 g/mol. The minimum absolute atomic E-state index is 0.129. The molecule has 1 fully saturated rings. The molecule has 1 amide bonds. The summed E-state index contributed by atoms with van der Waals surface area (Å²) in [6.07, 6.45) is 5.14. The van der Waals surface area contributed by atoms with Crippen LogP contribution < -0.4 is 10.2 Å². The van der Waals surface area contributed by atoms with Crippen molar-refractivity contribution in [2.24, 2.45) is 0 Å². The van der Waals surface area contributed by atoms with Crippen molar-refractivity contribution in [3.8, 4) is 12.3 Å². The highest BCUT2D eigenvalue weighted by molar-refractivity contribution is 5.78. The van der Waals surface area contributed by atoms with Crippen molar-refractivity contribution < 1.29 is 4.79 Å². The highest BCUT2D eigenvalue weighted by Crippen LogP contribution is 2.17. The number of anilines is 1. The molecule has 106 valence electrons. The van der Waals surface area contributed by atoms with Gasteiger partial charge in [0.25, 0.3) is 0 Å². The lowest BCUT2D eigenvalue weighted by Gasteiger charge is -2.36. The summed E-state index contributed by atoms with van der Waals surface area (Å²) in [7, 11) is 0. The van der Waals surface area contributed by atoms with Gasteiger partial charge in [0, 0.05) is 31.9 Å². The van der Waals surface area contributed by atoms with E-state index in [1.54, 1.807) is 0 Å². The second kappa shape index (κ2) is 6.97. The van der Waals surface area contributed by atoms with E-state index in [0.717, 1.165) is 26.2 Å². The van der Waals surface area contributed by atoms with Crippen LogP contribution in [0.1, 0.15) is 5.56 Å². The number of benzene rings is 1. The van der Waals surface area contributed by atoms with Crippen LogP contribution in [0.4, 0.5) is 5.69 Å². The van der Waals surface area contributed by atoms with Crippen molar-refractivity contribution in [2.45, 2.75) is 6.92 Å². The van der Waals surface area contributed by atoms with Gasteiger partial charge in [-0.15, -0.1) is 6.42 Å². The second-order valence-corrected chi connectivity index (χ2v) is 5.01. The van der Waals surface area contributed by atoms with Gasteiger partial charge < -0.3 is 9.80 Å². The summed E-state index contributed by atoms with van der Waals surface area (Å²) in [5.74, 6) is 2.60. The third-order valence-electron chi connectivity index (χ3n) is 3.50. The van der Waals surface area contributed by atoms with Crippen molar-refractivity contribution in [3.63, 3.8) is 0 Å². The number of carbonyl (C=O) groups excluding carboxylic acids is 1. The Kier molecular flexibility index (Phi) is 5.03. The van der Waals surface area contributed by atoms with Gasteiger partial charge in [0.2, 0.25) is 5.91 Å². The third kappa shape index (κ3) is 3.75. The largest absolute Gasteiger partial charge is 0.368 e. The van der Waals surface area contributed by atoms with Crippen molar-refractivity contribution in [1.82, 2.24) is 10.2 Å². The molecule has 0 bridgehead atoms. The first-order chi connectivity index (χ1) is 9.70. The highest BCUT2D eigenvalue weighted by atomic mass is 16.2. The van der Waals surface area contributed by atoms with Crippen LogP contribution in [0.25, 0.3) is 0 Å². The Labute approximate surface area is 120 Å². The number of rotatable bonds is 4. The molecule has 0 spiro atoms. The molecule has 0 atom stereocenters. The van der Waals surface area contributed by atoms with Gasteiger partial charge in [0.15, 0.2) is 0 Å². The zero-order valence-electron chi connectivity index (χ0n) is 11.9. The van der Waals surface area contributed by atoms with Crippen LogP contribution >= 0.6 is 0 Å². The summed E-state index contributed by atoms with van der Waals surface area (Å²) in [4.78, 5) is 16.2. The fourth-order valence-corrected chi connectivity index (χ4v) is 2.39. The molecule has 1 heterocycles. The molecule has 0 unspecified atom stereocenters. The first-order valence-corrected chi connectivity index (χ1v) is 6.94. The molecule has 1 aliphatic rings. The van der Waals surface area contributed by atoms with E-state index >= 15 is 0 Å². The van der Waals surface area contributed by atoms with E-state index < -0.39 is 0 Å². The molecule has 1 aliphatic heterocycles. The Morgan fingerprint density at radius 3 is 2.75 bits per heavy atom. The lowest BCUT2D eigenvalue weighted by Crippen LogP contribution is -2.50. The number of piperazine rings is 1. The number of aryl methyl sites for hydroxylation is 1. The molecular weight excluding hydrogens is 250 g/mol. The lowest BCUT2D eigenvalue weighted by molar-refractivity contribution is -0.130. The van der Waals surface area contributed by atoms with Gasteiger partial charge in [-0.3, -0.25) is 10.1 Å². The van der Waals surface area contributed by atoms with E-state index in [9.17, 15) is 4.79 Å². The van der Waals surface area contributed by atoms with E-state index in [0.29, 0.717) is 13.1 Å². The molecule has 1 aromatic rings. The lowest BCUT2D eigenvalue weighted by atomic mass is 10.2. The van der Waals surface area contributed by atoms with Crippen molar-refractivity contribution >= 4 is 11.6 Å². The first-order valence-electron chi connectivity index (χ1n) is 6.94. The Morgan fingerprint density at radius 2 is 2.10 bits per heavy atom. The molecule has 4 heteroatoms. The van der Waals surface area contributed by atoms with Crippen molar-refractivity contribution in [3.05, 3.63) is 29.8 Å². The van der Waals surface area contributed by atoms with Gasteiger partial charge in [0.1, 0.15) is 0 Å². The maximum atomic E-state index is 11.9. The van der Waals surface area contributed by atoms with E-state index in [-0.39, 0.29) is 5.91 Å². The molecule has 20 heavy (non-hydrogen) atoms. The number of nitrogens with one attached hydrogen (secondary N) is 1. The van der Waals surface area contributed by atoms with E-state index in [4.69, 9.17) is 6.42 Å². The van der Waals surface area contributed by atoms with Crippen LogP contribution in [-0.4, -0.2) is 50.1 Å². The van der Waals surface area contributed by atoms with Gasteiger partial charge in [-0.25, -0.2) is 0 Å². The van der Waals surface area contributed by atoms with Crippen LogP contribution in [0.5, 0.6) is 0 Å². The number of terminal acetylenes is 1. The zero-order chi connectivity index (χ0) is 14.4. The zero-order valence-corrected chi connectivity index (χ0v) is 11.9. The highest BCUT2D eigenvalue weighted by Gasteiger charge is 2.20. The maximum absolute atomic E-state index is 11.9. The molecule has 0 aromatic heterocycles. The molecule has 1 N–H and O–H groups in total. The number of hydrogen-bond donors (Lipinski definition) is 1. The minimum atomic E-state index is 0.129. The van der Waals surface area contributed by atoms with Crippen LogP contribution in [0.3, 0.4) is 0 Å².